The highest BCUT2D eigenvalue weighted by Gasteiger charge is 2.20. The van der Waals surface area contributed by atoms with Crippen LogP contribution in [-0.2, 0) is 17.1 Å². The number of hydrogen-bond acceptors (Lipinski definition) is 5. The minimum Gasteiger partial charge on any atom is -0.329 e. The van der Waals surface area contributed by atoms with Gasteiger partial charge in [-0.05, 0) is 6.07 Å². The summed E-state index contributed by atoms with van der Waals surface area (Å²) in [6.45, 7) is 0. The Morgan fingerprint density at radius 1 is 1.50 bits per heavy atom. The molecular formula is C10H11N5O4S. The fourth-order valence-corrected chi connectivity index (χ4v) is 2.19. The lowest BCUT2D eigenvalue weighted by atomic mass is 10.2. The second-order valence-corrected chi connectivity index (χ2v) is 5.49. The van der Waals surface area contributed by atoms with Crippen molar-refractivity contribution in [3.05, 3.63) is 40.4 Å². The van der Waals surface area contributed by atoms with Crippen molar-refractivity contribution in [1.29, 1.82) is 0 Å². The SMILES string of the molecule is Cn1cc(S(N)(=O)=O)c(NC(=O)c2cc[nH]c(=O)c2)n1. The second-order valence-electron chi connectivity index (χ2n) is 3.96. The van der Waals surface area contributed by atoms with Crippen molar-refractivity contribution in [2.45, 2.75) is 4.90 Å². The summed E-state index contributed by atoms with van der Waals surface area (Å²) in [5.41, 5.74) is -0.384. The third-order valence-corrected chi connectivity index (χ3v) is 3.28. The fraction of sp³-hybridized carbons (Fsp3) is 0.100. The number of primary sulfonamides is 1. The minimum atomic E-state index is -4.01. The highest BCUT2D eigenvalue weighted by Crippen LogP contribution is 2.17. The number of carbonyl (C=O) groups is 1. The van der Waals surface area contributed by atoms with Crippen molar-refractivity contribution in [2.24, 2.45) is 12.2 Å². The summed E-state index contributed by atoms with van der Waals surface area (Å²) >= 11 is 0. The van der Waals surface area contributed by atoms with Crippen LogP contribution in [-0.4, -0.2) is 29.1 Å². The first kappa shape index (κ1) is 14.0. The molecule has 106 valence electrons. The van der Waals surface area contributed by atoms with Gasteiger partial charge in [0.15, 0.2) is 5.82 Å². The molecule has 2 aromatic rings. The standard InChI is InChI=1S/C10H11N5O4S/c1-15-5-7(20(11,18)19)9(14-15)13-10(17)6-2-3-12-8(16)4-6/h2-5H,1H3,(H,12,16)(H2,11,18,19)(H,13,14,17). The Morgan fingerprint density at radius 2 is 2.20 bits per heavy atom. The van der Waals surface area contributed by atoms with Crippen molar-refractivity contribution in [3.63, 3.8) is 0 Å². The van der Waals surface area contributed by atoms with E-state index < -0.39 is 21.5 Å². The van der Waals surface area contributed by atoms with Crippen LogP contribution in [0.4, 0.5) is 5.82 Å². The van der Waals surface area contributed by atoms with E-state index in [1.165, 1.54) is 30.2 Å². The summed E-state index contributed by atoms with van der Waals surface area (Å²) in [6, 6.07) is 2.45. The predicted octanol–water partition coefficient (Wildman–Crippen LogP) is -0.992. The average Bonchev–Trinajstić information content (AvgIpc) is 2.70. The zero-order valence-electron chi connectivity index (χ0n) is 10.3. The molecule has 0 radical (unpaired) electrons. The molecule has 10 heteroatoms. The number of nitrogens with one attached hydrogen (secondary N) is 2. The Kier molecular flexibility index (Phi) is 3.42. The summed E-state index contributed by atoms with van der Waals surface area (Å²) < 4.78 is 23.9. The molecule has 9 nitrogen and oxygen atoms in total. The molecule has 0 saturated carbocycles. The number of nitrogens with zero attached hydrogens (tertiary/aromatic N) is 2. The lowest BCUT2D eigenvalue weighted by molar-refractivity contribution is 0.102. The number of nitrogens with two attached hydrogens (primary N) is 1. The molecule has 20 heavy (non-hydrogen) atoms. The Hall–Kier alpha value is -2.46. The smallest absolute Gasteiger partial charge is 0.257 e. The zero-order chi connectivity index (χ0) is 14.9. The van der Waals surface area contributed by atoms with E-state index in [1.807, 2.05) is 0 Å². The Bertz CT molecular complexity index is 820. The highest BCUT2D eigenvalue weighted by atomic mass is 32.2. The number of anilines is 1. The van der Waals surface area contributed by atoms with Crippen molar-refractivity contribution >= 4 is 21.7 Å². The van der Waals surface area contributed by atoms with Crippen LogP contribution in [0.5, 0.6) is 0 Å². The molecule has 2 heterocycles. The summed E-state index contributed by atoms with van der Waals surface area (Å²) in [7, 11) is -2.53. The van der Waals surface area contributed by atoms with E-state index in [-0.39, 0.29) is 16.3 Å². The van der Waals surface area contributed by atoms with Crippen LogP contribution in [0.15, 0.2) is 34.2 Å². The van der Waals surface area contributed by atoms with Gasteiger partial charge < -0.3 is 10.3 Å². The molecule has 0 bridgehead atoms. The predicted molar refractivity (Wildman–Crippen MR) is 69.6 cm³/mol. The molecule has 0 unspecified atom stereocenters. The summed E-state index contributed by atoms with van der Waals surface area (Å²) in [4.78, 5) is 25.1. The minimum absolute atomic E-state index is 0.0692. The summed E-state index contributed by atoms with van der Waals surface area (Å²) in [6.07, 6.45) is 2.47. The number of aryl methyl sites for hydroxylation is 1. The Balaban J connectivity index is 2.36. The van der Waals surface area contributed by atoms with Crippen molar-refractivity contribution < 1.29 is 13.2 Å². The Morgan fingerprint density at radius 3 is 2.80 bits per heavy atom. The van der Waals surface area contributed by atoms with Crippen LogP contribution in [0.1, 0.15) is 10.4 Å². The molecular weight excluding hydrogens is 286 g/mol. The van der Waals surface area contributed by atoms with Gasteiger partial charge >= 0.3 is 0 Å². The van der Waals surface area contributed by atoms with Crippen LogP contribution in [0.25, 0.3) is 0 Å². The normalized spacial score (nSPS) is 11.3. The number of hydrogen-bond donors (Lipinski definition) is 3. The van der Waals surface area contributed by atoms with E-state index in [0.717, 1.165) is 6.07 Å². The van der Waals surface area contributed by atoms with Crippen molar-refractivity contribution in [2.75, 3.05) is 5.32 Å². The molecule has 0 aliphatic heterocycles. The van der Waals surface area contributed by atoms with Gasteiger partial charge in [-0.1, -0.05) is 0 Å². The zero-order valence-corrected chi connectivity index (χ0v) is 11.1. The lowest BCUT2D eigenvalue weighted by Crippen LogP contribution is -2.19. The van der Waals surface area contributed by atoms with Gasteiger partial charge in [-0.3, -0.25) is 14.3 Å². The van der Waals surface area contributed by atoms with Crippen LogP contribution < -0.4 is 16.0 Å². The van der Waals surface area contributed by atoms with Gasteiger partial charge in [0, 0.05) is 31.1 Å². The topological polar surface area (TPSA) is 140 Å². The molecule has 0 spiro atoms. The number of rotatable bonds is 3. The number of amides is 1. The molecule has 2 rings (SSSR count). The van der Waals surface area contributed by atoms with Gasteiger partial charge in [0.2, 0.25) is 15.6 Å². The lowest BCUT2D eigenvalue weighted by Gasteiger charge is -2.03. The van der Waals surface area contributed by atoms with E-state index in [2.05, 4.69) is 15.4 Å². The molecule has 1 amide bonds. The maximum atomic E-state index is 11.9. The average molecular weight is 297 g/mol. The molecule has 2 aromatic heterocycles. The quantitative estimate of drug-likeness (QED) is 0.667. The number of carbonyl (C=O) groups excluding carboxylic acids is 1. The summed E-state index contributed by atoms with van der Waals surface area (Å²) in [5.74, 6) is -0.861. The molecule has 0 saturated heterocycles. The van der Waals surface area contributed by atoms with Crippen molar-refractivity contribution in [3.8, 4) is 0 Å². The monoisotopic (exact) mass is 297 g/mol. The van der Waals surface area contributed by atoms with Crippen LogP contribution in [0.3, 0.4) is 0 Å². The first-order valence-electron chi connectivity index (χ1n) is 5.34. The van der Waals surface area contributed by atoms with E-state index in [4.69, 9.17) is 5.14 Å². The third-order valence-electron chi connectivity index (χ3n) is 2.37. The molecule has 0 aliphatic carbocycles. The molecule has 0 atom stereocenters. The maximum Gasteiger partial charge on any atom is 0.257 e. The number of pyridine rings is 1. The molecule has 0 aliphatic rings. The van der Waals surface area contributed by atoms with E-state index >= 15 is 0 Å². The number of aromatic nitrogens is 3. The van der Waals surface area contributed by atoms with Gasteiger partial charge in [0.05, 0.1) is 0 Å². The van der Waals surface area contributed by atoms with Gasteiger partial charge in [0.1, 0.15) is 4.90 Å². The van der Waals surface area contributed by atoms with Gasteiger partial charge in [-0.2, -0.15) is 5.10 Å². The Labute approximate surface area is 113 Å². The first-order valence-corrected chi connectivity index (χ1v) is 6.88. The largest absolute Gasteiger partial charge is 0.329 e. The number of H-pyrrole nitrogens is 1. The second kappa shape index (κ2) is 4.90. The van der Waals surface area contributed by atoms with Gasteiger partial charge in [0.25, 0.3) is 5.91 Å². The molecule has 4 N–H and O–H groups in total. The number of aromatic amines is 1. The molecule has 0 aromatic carbocycles. The van der Waals surface area contributed by atoms with Gasteiger partial charge in [-0.25, -0.2) is 13.6 Å². The van der Waals surface area contributed by atoms with Crippen LogP contribution in [0.2, 0.25) is 0 Å². The van der Waals surface area contributed by atoms with Crippen LogP contribution in [0, 0.1) is 0 Å². The fourth-order valence-electron chi connectivity index (χ4n) is 1.53. The van der Waals surface area contributed by atoms with E-state index in [1.54, 1.807) is 0 Å². The maximum absolute atomic E-state index is 11.9. The van der Waals surface area contributed by atoms with E-state index in [0.29, 0.717) is 0 Å². The van der Waals surface area contributed by atoms with E-state index in [9.17, 15) is 18.0 Å². The van der Waals surface area contributed by atoms with Crippen molar-refractivity contribution in [1.82, 2.24) is 14.8 Å². The van der Waals surface area contributed by atoms with Crippen LogP contribution >= 0.6 is 0 Å². The third kappa shape index (κ3) is 2.92. The number of sulfonamides is 1. The first-order chi connectivity index (χ1) is 9.27. The highest BCUT2D eigenvalue weighted by molar-refractivity contribution is 7.89. The summed E-state index contributed by atoms with van der Waals surface area (Å²) in [5, 5.41) is 11.1. The molecule has 0 fully saturated rings. The van der Waals surface area contributed by atoms with Gasteiger partial charge in [-0.15, -0.1) is 0 Å².